The Morgan fingerprint density at radius 3 is 2.37 bits per heavy atom. The van der Waals surface area contributed by atoms with E-state index in [9.17, 15) is 0 Å². The van der Waals surface area contributed by atoms with Crippen molar-refractivity contribution in [3.8, 4) is 5.75 Å². The van der Waals surface area contributed by atoms with Gasteiger partial charge in [0.25, 0.3) is 0 Å². The predicted molar refractivity (Wildman–Crippen MR) is 80.5 cm³/mol. The van der Waals surface area contributed by atoms with Crippen LogP contribution in [-0.4, -0.2) is 0 Å². The Morgan fingerprint density at radius 2 is 1.74 bits per heavy atom. The van der Waals surface area contributed by atoms with Gasteiger partial charge in [-0.2, -0.15) is 0 Å². The summed E-state index contributed by atoms with van der Waals surface area (Å²) in [6.45, 7) is 6.95. The molecule has 0 saturated carbocycles. The highest BCUT2D eigenvalue weighted by Crippen LogP contribution is 2.21. The summed E-state index contributed by atoms with van der Waals surface area (Å²) in [5.41, 5.74) is 10.3. The van der Waals surface area contributed by atoms with Crippen molar-refractivity contribution in [2.24, 2.45) is 0 Å². The fraction of sp³-hybridized carbons (Fsp3) is 0.294. The highest BCUT2D eigenvalue weighted by atomic mass is 16.5. The predicted octanol–water partition coefficient (Wildman–Crippen LogP) is 4.28. The number of nitrogens with two attached hydrogens (primary N) is 1. The zero-order valence-electron chi connectivity index (χ0n) is 11.8. The summed E-state index contributed by atoms with van der Waals surface area (Å²) in [5, 5.41) is 0. The molecule has 0 bridgehead atoms. The lowest BCUT2D eigenvalue weighted by Crippen LogP contribution is -2.00. The van der Waals surface area contributed by atoms with E-state index in [1.807, 2.05) is 37.3 Å². The number of rotatable bonds is 4. The Hall–Kier alpha value is -1.96. The van der Waals surface area contributed by atoms with Gasteiger partial charge in [0, 0.05) is 5.69 Å². The van der Waals surface area contributed by atoms with Gasteiger partial charge in [-0.15, -0.1) is 0 Å². The van der Waals surface area contributed by atoms with Gasteiger partial charge in [0.15, 0.2) is 0 Å². The number of anilines is 1. The van der Waals surface area contributed by atoms with E-state index in [1.165, 1.54) is 5.56 Å². The van der Waals surface area contributed by atoms with Crippen LogP contribution in [0.1, 0.15) is 36.5 Å². The first-order valence-corrected chi connectivity index (χ1v) is 6.64. The fourth-order valence-electron chi connectivity index (χ4n) is 1.97. The topological polar surface area (TPSA) is 35.2 Å². The van der Waals surface area contributed by atoms with Crippen LogP contribution in [0.4, 0.5) is 5.69 Å². The molecule has 2 aromatic rings. The first kappa shape index (κ1) is 13.5. The van der Waals surface area contributed by atoms with Crippen molar-refractivity contribution in [1.29, 1.82) is 0 Å². The first-order chi connectivity index (χ1) is 9.08. The maximum Gasteiger partial charge on any atom is 0.119 e. The Morgan fingerprint density at radius 1 is 1.05 bits per heavy atom. The monoisotopic (exact) mass is 255 g/mol. The molecule has 2 aromatic carbocycles. The summed E-state index contributed by atoms with van der Waals surface area (Å²) in [6.07, 6.45) is 0. The second-order valence-corrected chi connectivity index (χ2v) is 5.14. The first-order valence-electron chi connectivity index (χ1n) is 6.64. The quantitative estimate of drug-likeness (QED) is 0.828. The highest BCUT2D eigenvalue weighted by Gasteiger charge is 2.03. The maximum absolute atomic E-state index is 5.89. The van der Waals surface area contributed by atoms with E-state index in [-0.39, 0.29) is 0 Å². The molecule has 0 fully saturated rings. The number of ether oxygens (including phenoxy) is 1. The molecule has 0 atom stereocenters. The fourth-order valence-corrected chi connectivity index (χ4v) is 1.97. The second kappa shape index (κ2) is 5.79. The zero-order valence-corrected chi connectivity index (χ0v) is 11.8. The lowest BCUT2D eigenvalue weighted by Gasteiger charge is -2.11. The molecule has 2 N–H and O–H groups in total. The summed E-state index contributed by atoms with van der Waals surface area (Å²) in [4.78, 5) is 0. The van der Waals surface area contributed by atoms with Crippen LogP contribution in [0.3, 0.4) is 0 Å². The van der Waals surface area contributed by atoms with Crippen LogP contribution < -0.4 is 10.5 Å². The molecule has 0 spiro atoms. The third-order valence-corrected chi connectivity index (χ3v) is 3.43. The van der Waals surface area contributed by atoms with Crippen molar-refractivity contribution in [2.45, 2.75) is 33.3 Å². The van der Waals surface area contributed by atoms with E-state index in [2.05, 4.69) is 26.0 Å². The molecule has 2 heteroatoms. The molecule has 0 radical (unpaired) electrons. The minimum Gasteiger partial charge on any atom is -0.489 e. The molecular weight excluding hydrogens is 234 g/mol. The largest absolute Gasteiger partial charge is 0.489 e. The lowest BCUT2D eigenvalue weighted by atomic mass is 10.0. The van der Waals surface area contributed by atoms with E-state index in [4.69, 9.17) is 10.5 Å². The zero-order chi connectivity index (χ0) is 13.8. The van der Waals surface area contributed by atoms with Gasteiger partial charge in [-0.05, 0) is 47.7 Å². The van der Waals surface area contributed by atoms with Crippen LogP contribution in [0, 0.1) is 6.92 Å². The van der Waals surface area contributed by atoms with Gasteiger partial charge in [0.2, 0.25) is 0 Å². The highest BCUT2D eigenvalue weighted by molar-refractivity contribution is 5.49. The molecule has 0 aliphatic rings. The van der Waals surface area contributed by atoms with Crippen LogP contribution in [0.5, 0.6) is 5.75 Å². The van der Waals surface area contributed by atoms with Crippen molar-refractivity contribution in [3.05, 3.63) is 59.2 Å². The molecule has 2 rings (SSSR count). The third kappa shape index (κ3) is 3.28. The molecule has 0 saturated heterocycles. The molecule has 100 valence electrons. The molecule has 0 aromatic heterocycles. The summed E-state index contributed by atoms with van der Waals surface area (Å²) in [7, 11) is 0. The van der Waals surface area contributed by atoms with E-state index in [0.29, 0.717) is 12.5 Å². The minimum atomic E-state index is 0.546. The van der Waals surface area contributed by atoms with Crippen LogP contribution in [0.25, 0.3) is 0 Å². The van der Waals surface area contributed by atoms with Gasteiger partial charge in [0.05, 0.1) is 0 Å². The van der Waals surface area contributed by atoms with Crippen molar-refractivity contribution in [2.75, 3.05) is 5.73 Å². The maximum atomic E-state index is 5.89. The number of nitrogen functional groups attached to an aromatic ring is 1. The van der Waals surface area contributed by atoms with Crippen LogP contribution in [0.2, 0.25) is 0 Å². The van der Waals surface area contributed by atoms with Crippen molar-refractivity contribution < 1.29 is 4.74 Å². The Balaban J connectivity index is 2.04. The summed E-state index contributed by atoms with van der Waals surface area (Å²) >= 11 is 0. The van der Waals surface area contributed by atoms with Crippen molar-refractivity contribution in [3.63, 3.8) is 0 Å². The third-order valence-electron chi connectivity index (χ3n) is 3.43. The average Bonchev–Trinajstić information content (AvgIpc) is 2.41. The summed E-state index contributed by atoms with van der Waals surface area (Å²) in [6, 6.07) is 14.2. The Bertz CT molecular complexity index is 544. The van der Waals surface area contributed by atoms with Gasteiger partial charge >= 0.3 is 0 Å². The van der Waals surface area contributed by atoms with Gasteiger partial charge in [-0.1, -0.05) is 38.1 Å². The van der Waals surface area contributed by atoms with Crippen LogP contribution >= 0.6 is 0 Å². The van der Waals surface area contributed by atoms with Crippen molar-refractivity contribution in [1.82, 2.24) is 0 Å². The lowest BCUT2D eigenvalue weighted by molar-refractivity contribution is 0.305. The molecule has 0 unspecified atom stereocenters. The molecule has 0 heterocycles. The smallest absolute Gasteiger partial charge is 0.119 e. The molecular formula is C17H21NO. The Kier molecular flexibility index (Phi) is 4.10. The number of benzene rings is 2. The standard InChI is InChI=1S/C17H21NO/c1-12(2)14-7-9-16(10-8-14)19-11-15-5-4-6-17(18)13(15)3/h4-10,12H,11,18H2,1-3H3. The minimum absolute atomic E-state index is 0.546. The van der Waals surface area contributed by atoms with Crippen molar-refractivity contribution >= 4 is 5.69 Å². The van der Waals surface area contributed by atoms with Gasteiger partial charge < -0.3 is 10.5 Å². The van der Waals surface area contributed by atoms with Gasteiger partial charge in [-0.25, -0.2) is 0 Å². The molecule has 0 aliphatic heterocycles. The van der Waals surface area contributed by atoms with E-state index in [1.54, 1.807) is 0 Å². The van der Waals surface area contributed by atoms with Crippen LogP contribution in [0.15, 0.2) is 42.5 Å². The molecule has 0 amide bonds. The van der Waals surface area contributed by atoms with E-state index >= 15 is 0 Å². The SMILES string of the molecule is Cc1c(N)cccc1COc1ccc(C(C)C)cc1. The second-order valence-electron chi connectivity index (χ2n) is 5.14. The molecule has 19 heavy (non-hydrogen) atoms. The van der Waals surface area contributed by atoms with Crippen LogP contribution in [-0.2, 0) is 6.61 Å². The summed E-state index contributed by atoms with van der Waals surface area (Å²) < 4.78 is 5.81. The normalized spacial score (nSPS) is 10.7. The number of hydrogen-bond acceptors (Lipinski definition) is 2. The average molecular weight is 255 g/mol. The molecule has 0 aliphatic carbocycles. The number of hydrogen-bond donors (Lipinski definition) is 1. The molecule has 2 nitrogen and oxygen atoms in total. The van der Waals surface area contributed by atoms with E-state index in [0.717, 1.165) is 22.6 Å². The van der Waals surface area contributed by atoms with Gasteiger partial charge in [0.1, 0.15) is 12.4 Å². The summed E-state index contributed by atoms with van der Waals surface area (Å²) in [5.74, 6) is 1.44. The van der Waals surface area contributed by atoms with E-state index < -0.39 is 0 Å². The Labute approximate surface area is 115 Å². The van der Waals surface area contributed by atoms with Gasteiger partial charge in [-0.3, -0.25) is 0 Å².